The fourth-order valence-electron chi connectivity index (χ4n) is 1.46. The summed E-state index contributed by atoms with van der Waals surface area (Å²) >= 11 is 3.35. The molecule has 0 saturated heterocycles. The minimum atomic E-state index is -0.369. The number of hydrogen-bond acceptors (Lipinski definition) is 5. The van der Waals surface area contributed by atoms with E-state index in [0.29, 0.717) is 23.2 Å². The highest BCUT2D eigenvalue weighted by atomic mass is 79.9. The Morgan fingerprint density at radius 3 is 2.90 bits per heavy atom. The largest absolute Gasteiger partial charge is 0.497 e. The number of carbonyl (C=O) groups excluding carboxylic acids is 1. The monoisotopic (exact) mass is 340 g/mol. The minimum Gasteiger partial charge on any atom is -0.497 e. The summed E-state index contributed by atoms with van der Waals surface area (Å²) in [4.78, 5) is 15.7. The SMILES string of the molecule is COc1ccc(NC(=O)NCc2nc(C)no2)c(Br)c1. The number of hydrogen-bond donors (Lipinski definition) is 2. The van der Waals surface area contributed by atoms with Crippen LogP contribution in [0.25, 0.3) is 0 Å². The molecule has 0 aliphatic rings. The molecular weight excluding hydrogens is 328 g/mol. The van der Waals surface area contributed by atoms with Crippen LogP contribution in [0.3, 0.4) is 0 Å². The van der Waals surface area contributed by atoms with Crippen molar-refractivity contribution < 1.29 is 14.1 Å². The van der Waals surface area contributed by atoms with E-state index in [0.717, 1.165) is 4.47 Å². The molecule has 1 aromatic carbocycles. The number of aryl methyl sites for hydroxylation is 1. The quantitative estimate of drug-likeness (QED) is 0.892. The van der Waals surface area contributed by atoms with Gasteiger partial charge in [0, 0.05) is 4.47 Å². The van der Waals surface area contributed by atoms with Crippen LogP contribution in [0.15, 0.2) is 27.2 Å². The van der Waals surface area contributed by atoms with Crippen LogP contribution in [0.4, 0.5) is 10.5 Å². The van der Waals surface area contributed by atoms with E-state index in [1.165, 1.54) is 0 Å². The predicted molar refractivity (Wildman–Crippen MR) is 75.6 cm³/mol. The van der Waals surface area contributed by atoms with Crippen LogP contribution in [0.2, 0.25) is 0 Å². The Morgan fingerprint density at radius 2 is 2.30 bits per heavy atom. The van der Waals surface area contributed by atoms with Gasteiger partial charge in [-0.3, -0.25) is 0 Å². The summed E-state index contributed by atoms with van der Waals surface area (Å²) < 4.78 is 10.7. The first-order valence-corrected chi connectivity index (χ1v) is 6.55. The Kier molecular flexibility index (Phi) is 4.57. The number of carbonyl (C=O) groups is 1. The average molecular weight is 341 g/mol. The molecule has 0 radical (unpaired) electrons. The van der Waals surface area contributed by atoms with Gasteiger partial charge in [0.1, 0.15) is 5.75 Å². The van der Waals surface area contributed by atoms with Crippen LogP contribution in [0.1, 0.15) is 11.7 Å². The number of benzene rings is 1. The summed E-state index contributed by atoms with van der Waals surface area (Å²) in [5.74, 6) is 1.58. The number of nitrogens with zero attached hydrogens (tertiary/aromatic N) is 2. The van der Waals surface area contributed by atoms with E-state index in [4.69, 9.17) is 9.26 Å². The van der Waals surface area contributed by atoms with Crippen LogP contribution < -0.4 is 15.4 Å². The molecule has 8 heteroatoms. The number of aromatic nitrogens is 2. The summed E-state index contributed by atoms with van der Waals surface area (Å²) in [7, 11) is 1.58. The van der Waals surface area contributed by atoms with E-state index >= 15 is 0 Å². The highest BCUT2D eigenvalue weighted by Crippen LogP contribution is 2.26. The molecule has 0 unspecified atom stereocenters. The standard InChI is InChI=1S/C12H13BrN4O3/c1-7-15-11(20-17-7)6-14-12(18)16-10-4-3-8(19-2)5-9(10)13/h3-5H,6H2,1-2H3,(H2,14,16,18). The first-order chi connectivity index (χ1) is 9.58. The van der Waals surface area contributed by atoms with Crippen molar-refractivity contribution in [2.24, 2.45) is 0 Å². The van der Waals surface area contributed by atoms with Crippen LogP contribution in [-0.2, 0) is 6.54 Å². The molecule has 1 aromatic heterocycles. The number of ether oxygens (including phenoxy) is 1. The third-order valence-electron chi connectivity index (χ3n) is 2.39. The highest BCUT2D eigenvalue weighted by molar-refractivity contribution is 9.10. The van der Waals surface area contributed by atoms with Crippen LogP contribution >= 0.6 is 15.9 Å². The van der Waals surface area contributed by atoms with Crippen molar-refractivity contribution in [3.05, 3.63) is 34.4 Å². The van der Waals surface area contributed by atoms with E-state index in [9.17, 15) is 4.79 Å². The van der Waals surface area contributed by atoms with Gasteiger partial charge in [0.15, 0.2) is 5.82 Å². The Balaban J connectivity index is 1.91. The molecule has 2 rings (SSSR count). The van der Waals surface area contributed by atoms with Gasteiger partial charge in [0.05, 0.1) is 19.3 Å². The molecule has 0 saturated carbocycles. The lowest BCUT2D eigenvalue weighted by molar-refractivity contribution is 0.249. The van der Waals surface area contributed by atoms with E-state index in [2.05, 4.69) is 36.7 Å². The maximum atomic E-state index is 11.7. The van der Waals surface area contributed by atoms with Crippen molar-refractivity contribution in [3.8, 4) is 5.75 Å². The average Bonchev–Trinajstić information content (AvgIpc) is 2.84. The zero-order valence-electron chi connectivity index (χ0n) is 10.9. The van der Waals surface area contributed by atoms with E-state index < -0.39 is 0 Å². The number of methoxy groups -OCH3 is 1. The predicted octanol–water partition coefficient (Wildman–Crippen LogP) is 2.47. The first kappa shape index (κ1) is 14.3. The van der Waals surface area contributed by atoms with Gasteiger partial charge < -0.3 is 19.9 Å². The molecule has 2 amide bonds. The highest BCUT2D eigenvalue weighted by Gasteiger charge is 2.08. The van der Waals surface area contributed by atoms with Crippen LogP contribution in [0.5, 0.6) is 5.75 Å². The maximum absolute atomic E-state index is 11.7. The van der Waals surface area contributed by atoms with Gasteiger partial charge in [-0.1, -0.05) is 5.16 Å². The van der Waals surface area contributed by atoms with Crippen LogP contribution in [-0.4, -0.2) is 23.3 Å². The van der Waals surface area contributed by atoms with Crippen LogP contribution in [0, 0.1) is 6.92 Å². The second-order valence-corrected chi connectivity index (χ2v) is 4.74. The second-order valence-electron chi connectivity index (χ2n) is 3.89. The minimum absolute atomic E-state index is 0.167. The Hall–Kier alpha value is -2.09. The van der Waals surface area contributed by atoms with Crippen molar-refractivity contribution in [3.63, 3.8) is 0 Å². The Labute approximate surface area is 123 Å². The van der Waals surface area contributed by atoms with Gasteiger partial charge >= 0.3 is 6.03 Å². The van der Waals surface area contributed by atoms with Crippen molar-refractivity contribution in [2.45, 2.75) is 13.5 Å². The zero-order valence-corrected chi connectivity index (χ0v) is 12.5. The molecule has 0 spiro atoms. The fourth-order valence-corrected chi connectivity index (χ4v) is 1.92. The lowest BCUT2D eigenvalue weighted by Gasteiger charge is -2.09. The third kappa shape index (κ3) is 3.70. The molecule has 0 atom stereocenters. The van der Waals surface area contributed by atoms with Gasteiger partial charge in [0.25, 0.3) is 0 Å². The van der Waals surface area contributed by atoms with Crippen molar-refractivity contribution in [1.82, 2.24) is 15.5 Å². The van der Waals surface area contributed by atoms with Crippen molar-refractivity contribution >= 4 is 27.6 Å². The second kappa shape index (κ2) is 6.38. The summed E-state index contributed by atoms with van der Waals surface area (Å²) in [6.45, 7) is 1.88. The molecule has 20 heavy (non-hydrogen) atoms. The number of nitrogens with one attached hydrogen (secondary N) is 2. The molecule has 0 aliphatic heterocycles. The lowest BCUT2D eigenvalue weighted by Crippen LogP contribution is -2.28. The summed E-state index contributed by atoms with van der Waals surface area (Å²) in [5, 5.41) is 8.95. The lowest BCUT2D eigenvalue weighted by atomic mass is 10.3. The fraction of sp³-hybridized carbons (Fsp3) is 0.250. The third-order valence-corrected chi connectivity index (χ3v) is 3.05. The van der Waals surface area contributed by atoms with Gasteiger partial charge in [-0.15, -0.1) is 0 Å². The Bertz CT molecular complexity index is 614. The molecule has 0 bridgehead atoms. The number of halogens is 1. The molecule has 0 aliphatic carbocycles. The molecule has 7 nitrogen and oxygen atoms in total. The molecule has 106 valence electrons. The van der Waals surface area contributed by atoms with Crippen molar-refractivity contribution in [2.75, 3.05) is 12.4 Å². The van der Waals surface area contributed by atoms with Crippen molar-refractivity contribution in [1.29, 1.82) is 0 Å². The van der Waals surface area contributed by atoms with Gasteiger partial charge in [-0.25, -0.2) is 4.79 Å². The first-order valence-electron chi connectivity index (χ1n) is 5.76. The number of anilines is 1. The smallest absolute Gasteiger partial charge is 0.319 e. The molecule has 2 aromatic rings. The number of amides is 2. The van der Waals surface area contributed by atoms with E-state index in [1.807, 2.05) is 0 Å². The van der Waals surface area contributed by atoms with Gasteiger partial charge in [-0.2, -0.15) is 4.98 Å². The summed E-state index contributed by atoms with van der Waals surface area (Å²) in [5.41, 5.74) is 0.630. The Morgan fingerprint density at radius 1 is 1.50 bits per heavy atom. The van der Waals surface area contributed by atoms with E-state index in [1.54, 1.807) is 32.2 Å². The number of rotatable bonds is 4. The molecular formula is C12H13BrN4O3. The zero-order chi connectivity index (χ0) is 14.5. The van der Waals surface area contributed by atoms with E-state index in [-0.39, 0.29) is 12.6 Å². The normalized spacial score (nSPS) is 10.2. The molecule has 2 N–H and O–H groups in total. The topological polar surface area (TPSA) is 89.3 Å². The summed E-state index contributed by atoms with van der Waals surface area (Å²) in [6.07, 6.45) is 0. The summed E-state index contributed by atoms with van der Waals surface area (Å²) in [6, 6.07) is 4.88. The van der Waals surface area contributed by atoms with Gasteiger partial charge in [0.2, 0.25) is 5.89 Å². The molecule has 1 heterocycles. The number of urea groups is 1. The molecule has 0 fully saturated rings. The maximum Gasteiger partial charge on any atom is 0.319 e. The van der Waals surface area contributed by atoms with Gasteiger partial charge in [-0.05, 0) is 41.1 Å².